The second kappa shape index (κ2) is 5.95. The Balaban J connectivity index is 2.16. The van der Waals surface area contributed by atoms with Gasteiger partial charge in [0.15, 0.2) is 11.4 Å². The molecule has 3 rings (SSSR count). The van der Waals surface area contributed by atoms with E-state index in [0.29, 0.717) is 17.9 Å². The lowest BCUT2D eigenvalue weighted by molar-refractivity contribution is -0.860. The van der Waals surface area contributed by atoms with Crippen LogP contribution >= 0.6 is 0 Å². The summed E-state index contributed by atoms with van der Waals surface area (Å²) < 4.78 is 22.9. The molecule has 6 nitrogen and oxygen atoms in total. The molecule has 0 saturated carbocycles. The lowest BCUT2D eigenvalue weighted by Gasteiger charge is -2.31. The summed E-state index contributed by atoms with van der Waals surface area (Å²) in [5, 5.41) is 10.4. The highest BCUT2D eigenvalue weighted by Gasteiger charge is 2.49. The first kappa shape index (κ1) is 17.1. The molecule has 24 heavy (non-hydrogen) atoms. The lowest BCUT2D eigenvalue weighted by Crippen LogP contribution is -3.09. The Morgan fingerprint density at radius 1 is 1.17 bits per heavy atom. The van der Waals surface area contributed by atoms with Gasteiger partial charge in [-0.25, -0.2) is 0 Å². The lowest BCUT2D eigenvalue weighted by atomic mass is 9.92. The molecule has 2 N–H and O–H groups in total. The fourth-order valence-corrected chi connectivity index (χ4v) is 3.65. The summed E-state index contributed by atoms with van der Waals surface area (Å²) in [6, 6.07) is 3.87. The van der Waals surface area contributed by atoms with Crippen molar-refractivity contribution in [2.45, 2.75) is 38.2 Å². The molecule has 1 fully saturated rings. The summed E-state index contributed by atoms with van der Waals surface area (Å²) in [6.45, 7) is 3.54. The van der Waals surface area contributed by atoms with Gasteiger partial charge in [-0.1, -0.05) is 0 Å². The first-order valence-electron chi connectivity index (χ1n) is 8.07. The van der Waals surface area contributed by atoms with Gasteiger partial charge >= 0.3 is 0 Å². The van der Waals surface area contributed by atoms with Crippen molar-refractivity contribution in [2.75, 3.05) is 28.4 Å². The highest BCUT2D eigenvalue weighted by Crippen LogP contribution is 2.45. The molecule has 2 unspecified atom stereocenters. The number of methoxy groups -OCH3 is 3. The number of rotatable bonds is 4. The normalized spacial score (nSPS) is 26.0. The average Bonchev–Trinajstić information content (AvgIpc) is 3.00. The van der Waals surface area contributed by atoms with E-state index in [1.54, 1.807) is 35.2 Å². The molecule has 1 saturated heterocycles. The van der Waals surface area contributed by atoms with Crippen molar-refractivity contribution in [3.05, 3.63) is 23.3 Å². The minimum atomic E-state index is -0.919. The topological polar surface area (TPSA) is 61.6 Å². The van der Waals surface area contributed by atoms with Gasteiger partial charge < -0.3 is 24.1 Å². The summed E-state index contributed by atoms with van der Waals surface area (Å²) in [4.78, 5) is 1.04. The maximum atomic E-state index is 10.4. The van der Waals surface area contributed by atoms with Gasteiger partial charge in [-0.3, -0.25) is 4.90 Å². The van der Waals surface area contributed by atoms with Gasteiger partial charge in [0, 0.05) is 6.42 Å². The molecule has 2 aliphatic rings. The Hall–Kier alpha value is -1.76. The van der Waals surface area contributed by atoms with Gasteiger partial charge in [0.05, 0.1) is 51.2 Å². The van der Waals surface area contributed by atoms with Crippen LogP contribution in [-0.2, 0) is 9.47 Å². The van der Waals surface area contributed by atoms with E-state index in [1.165, 1.54) is 0 Å². The van der Waals surface area contributed by atoms with E-state index >= 15 is 0 Å². The molecule has 0 aliphatic carbocycles. The molecule has 2 aliphatic heterocycles. The Bertz CT molecular complexity index is 677. The number of hydrogen-bond donors (Lipinski definition) is 2. The van der Waals surface area contributed by atoms with Gasteiger partial charge in [0.1, 0.15) is 5.76 Å². The zero-order valence-electron chi connectivity index (χ0n) is 15.1. The van der Waals surface area contributed by atoms with E-state index in [1.807, 2.05) is 19.2 Å². The van der Waals surface area contributed by atoms with Crippen LogP contribution < -0.4 is 14.4 Å². The number of hydrogen-bond acceptors (Lipinski definition) is 5. The molecule has 3 atom stereocenters. The highest BCUT2D eigenvalue weighted by atomic mass is 16.5. The predicted molar refractivity (Wildman–Crippen MR) is 89.6 cm³/mol. The zero-order valence-corrected chi connectivity index (χ0v) is 15.1. The standard InChI is InChI=1S/C18H25NO5/c1-18(2,20)13-9-11-15(22-5)10-7-8-12(21-4)16(23-6)14(10)19(3)17(11)24-13/h7-8,13,17,20H,9H2,1-6H3/p+1/t13-,17?/m0/s1. The summed E-state index contributed by atoms with van der Waals surface area (Å²) in [7, 11) is 6.95. The number of quaternary nitrogens is 1. The third-order valence-corrected chi connectivity index (χ3v) is 4.88. The number of fused-ring (bicyclic) bond motifs is 2. The van der Waals surface area contributed by atoms with E-state index in [-0.39, 0.29) is 12.3 Å². The van der Waals surface area contributed by atoms with Gasteiger partial charge in [-0.15, -0.1) is 0 Å². The largest absolute Gasteiger partial charge is 0.496 e. The van der Waals surface area contributed by atoms with Crippen LogP contribution in [0.15, 0.2) is 17.7 Å². The van der Waals surface area contributed by atoms with Crippen LogP contribution in [0.25, 0.3) is 5.76 Å². The van der Waals surface area contributed by atoms with E-state index in [9.17, 15) is 5.11 Å². The first-order valence-corrected chi connectivity index (χ1v) is 8.07. The molecule has 6 heteroatoms. The molecular formula is C18H26NO5+. The zero-order chi connectivity index (χ0) is 17.6. The third kappa shape index (κ3) is 2.46. The quantitative estimate of drug-likeness (QED) is 0.862. The van der Waals surface area contributed by atoms with E-state index in [0.717, 1.165) is 27.5 Å². The maximum Gasteiger partial charge on any atom is 0.223 e. The number of ether oxygens (including phenoxy) is 4. The summed E-state index contributed by atoms with van der Waals surface area (Å²) in [5.41, 5.74) is 2.07. The molecule has 0 amide bonds. The molecule has 0 bridgehead atoms. The molecule has 1 aromatic carbocycles. The van der Waals surface area contributed by atoms with Crippen LogP contribution in [0.1, 0.15) is 25.8 Å². The molecule has 132 valence electrons. The van der Waals surface area contributed by atoms with Gasteiger partial charge in [0.25, 0.3) is 0 Å². The van der Waals surface area contributed by atoms with Crippen LogP contribution in [0.4, 0.5) is 5.69 Å². The fraction of sp³-hybridized carbons (Fsp3) is 0.556. The summed E-state index contributed by atoms with van der Waals surface area (Å²) in [6.07, 6.45) is 0.146. The number of nitrogens with one attached hydrogen (secondary N) is 1. The van der Waals surface area contributed by atoms with Crippen LogP contribution in [0, 0.1) is 0 Å². The first-order chi connectivity index (χ1) is 11.3. The Kier molecular flexibility index (Phi) is 4.23. The summed E-state index contributed by atoms with van der Waals surface area (Å²) in [5.74, 6) is 2.15. The van der Waals surface area contributed by atoms with Gasteiger partial charge in [-0.2, -0.15) is 0 Å². The average molecular weight is 336 g/mol. The van der Waals surface area contributed by atoms with Crippen LogP contribution in [0.5, 0.6) is 11.5 Å². The van der Waals surface area contributed by atoms with Crippen molar-refractivity contribution < 1.29 is 29.0 Å². The SMILES string of the molecule is COC1=C2C[C@@H](C(C)(C)O)OC2[NH+](C)c2c1ccc(OC)c2OC. The Morgan fingerprint density at radius 3 is 2.42 bits per heavy atom. The fourth-order valence-electron chi connectivity index (χ4n) is 3.65. The molecule has 2 heterocycles. The van der Waals surface area contributed by atoms with Gasteiger partial charge in [0.2, 0.25) is 12.0 Å². The highest BCUT2D eigenvalue weighted by molar-refractivity contribution is 5.78. The second-order valence-electron chi connectivity index (χ2n) is 6.83. The minimum absolute atomic E-state index is 0.218. The summed E-state index contributed by atoms with van der Waals surface area (Å²) >= 11 is 0. The Labute approximate surface area is 142 Å². The van der Waals surface area contributed by atoms with E-state index in [2.05, 4.69) is 0 Å². The molecule has 0 aromatic heterocycles. The molecule has 0 radical (unpaired) electrons. The molecule has 0 spiro atoms. The van der Waals surface area contributed by atoms with Crippen molar-refractivity contribution in [3.63, 3.8) is 0 Å². The number of benzene rings is 1. The second-order valence-corrected chi connectivity index (χ2v) is 6.83. The monoisotopic (exact) mass is 336 g/mol. The third-order valence-electron chi connectivity index (χ3n) is 4.88. The van der Waals surface area contributed by atoms with Crippen molar-refractivity contribution >= 4 is 11.4 Å². The van der Waals surface area contributed by atoms with Crippen molar-refractivity contribution in [3.8, 4) is 11.5 Å². The van der Waals surface area contributed by atoms with Crippen LogP contribution in [0.2, 0.25) is 0 Å². The predicted octanol–water partition coefficient (Wildman–Crippen LogP) is 1.11. The van der Waals surface area contributed by atoms with E-state index in [4.69, 9.17) is 18.9 Å². The van der Waals surface area contributed by atoms with Crippen LogP contribution in [0.3, 0.4) is 0 Å². The number of likely N-dealkylation sites (N-methyl/N-ethyl adjacent to an activating group) is 1. The minimum Gasteiger partial charge on any atom is -0.496 e. The van der Waals surface area contributed by atoms with Gasteiger partial charge in [-0.05, 0) is 26.0 Å². The maximum absolute atomic E-state index is 10.4. The number of aliphatic hydroxyl groups is 1. The molecule has 1 aromatic rings. The van der Waals surface area contributed by atoms with Crippen molar-refractivity contribution in [1.29, 1.82) is 0 Å². The Morgan fingerprint density at radius 2 is 1.88 bits per heavy atom. The van der Waals surface area contributed by atoms with Crippen molar-refractivity contribution in [1.82, 2.24) is 0 Å². The van der Waals surface area contributed by atoms with Crippen LogP contribution in [-0.4, -0.2) is 51.4 Å². The van der Waals surface area contributed by atoms with E-state index < -0.39 is 5.60 Å². The van der Waals surface area contributed by atoms with Crippen molar-refractivity contribution in [2.24, 2.45) is 0 Å². The smallest absolute Gasteiger partial charge is 0.223 e. The molecular weight excluding hydrogens is 310 g/mol.